The molecule has 2 unspecified atom stereocenters. The maximum absolute atomic E-state index is 14.1. The van der Waals surface area contributed by atoms with Crippen LogP contribution in [0, 0.1) is 0 Å². The molecule has 38 heavy (non-hydrogen) atoms. The summed E-state index contributed by atoms with van der Waals surface area (Å²) in [7, 11) is 0. The summed E-state index contributed by atoms with van der Waals surface area (Å²) < 4.78 is 43.3. The fourth-order valence-electron chi connectivity index (χ4n) is 5.53. The third-order valence-electron chi connectivity index (χ3n) is 7.87. The minimum atomic E-state index is -4.49. The number of aromatic nitrogens is 2. The Bertz CT molecular complexity index is 1390. The first-order valence-corrected chi connectivity index (χ1v) is 13.8. The Morgan fingerprint density at radius 2 is 1.82 bits per heavy atom. The molecule has 0 amide bonds. The second-order valence-electron chi connectivity index (χ2n) is 9.90. The lowest BCUT2D eigenvalue weighted by molar-refractivity contribution is -0.173. The monoisotopic (exact) mass is 537 g/mol. The largest absolute Gasteiger partial charge is 0.410 e. The van der Waals surface area contributed by atoms with Crippen molar-refractivity contribution in [3.63, 3.8) is 0 Å². The molecule has 4 nitrogen and oxygen atoms in total. The number of nitrogens with one attached hydrogen (secondary N) is 1. The predicted octanol–water partition coefficient (Wildman–Crippen LogP) is 8.60. The van der Waals surface area contributed by atoms with Crippen LogP contribution in [0.4, 0.5) is 19.0 Å². The summed E-state index contributed by atoms with van der Waals surface area (Å²) in [5.41, 5.74) is 2.66. The van der Waals surface area contributed by atoms with Crippen molar-refractivity contribution in [1.29, 1.82) is 0 Å². The first kappa shape index (κ1) is 26.2. The van der Waals surface area contributed by atoms with Crippen LogP contribution in [0.15, 0.2) is 78.3 Å². The number of halogens is 3. The Labute approximate surface area is 224 Å². The van der Waals surface area contributed by atoms with Gasteiger partial charge in [0.25, 0.3) is 0 Å². The van der Waals surface area contributed by atoms with Crippen LogP contribution in [-0.2, 0) is 5.41 Å². The zero-order chi connectivity index (χ0) is 26.9. The van der Waals surface area contributed by atoms with Gasteiger partial charge in [-0.25, -0.2) is 4.68 Å². The zero-order valence-corrected chi connectivity index (χ0v) is 22.1. The van der Waals surface area contributed by atoms with Gasteiger partial charge in [0.1, 0.15) is 5.82 Å². The molecule has 0 fully saturated rings. The van der Waals surface area contributed by atoms with Crippen molar-refractivity contribution in [2.75, 3.05) is 5.32 Å². The van der Waals surface area contributed by atoms with Crippen molar-refractivity contribution >= 4 is 22.9 Å². The maximum Gasteiger partial charge on any atom is 0.410 e. The standard InChI is InChI=1S/C30H30F3N3OS/c1-3-29(4-2,22-13-8-12-21(16-22)26-14-9-15-38-26)18-25(37)23-19-34-36-27(30(31,32)33)17-24(35-28(23)36)20-10-6-5-7-11-20/h5-16,19,24,27,35H,3-4,17-18H2,1-2H3. The van der Waals surface area contributed by atoms with E-state index < -0.39 is 23.7 Å². The number of hydrogen-bond donors (Lipinski definition) is 1. The molecule has 2 atom stereocenters. The van der Waals surface area contributed by atoms with E-state index in [0.717, 1.165) is 39.1 Å². The molecule has 198 valence electrons. The molecule has 0 saturated carbocycles. The molecule has 2 aromatic heterocycles. The molecule has 3 heterocycles. The highest BCUT2D eigenvalue weighted by Crippen LogP contribution is 2.45. The minimum absolute atomic E-state index is 0.144. The number of thiophene rings is 1. The summed E-state index contributed by atoms with van der Waals surface area (Å²) >= 11 is 1.66. The summed E-state index contributed by atoms with van der Waals surface area (Å²) in [4.78, 5) is 15.0. The van der Waals surface area contributed by atoms with Gasteiger partial charge in [-0.1, -0.05) is 68.4 Å². The summed E-state index contributed by atoms with van der Waals surface area (Å²) in [6, 6.07) is 19.0. The molecule has 4 aromatic rings. The van der Waals surface area contributed by atoms with Crippen LogP contribution in [0.2, 0.25) is 0 Å². The topological polar surface area (TPSA) is 46.9 Å². The zero-order valence-electron chi connectivity index (χ0n) is 21.3. The van der Waals surface area contributed by atoms with Crippen LogP contribution in [0.25, 0.3) is 10.4 Å². The van der Waals surface area contributed by atoms with E-state index in [2.05, 4.69) is 42.5 Å². The number of rotatable bonds is 8. The third kappa shape index (κ3) is 4.89. The first-order valence-electron chi connectivity index (χ1n) is 12.9. The van der Waals surface area contributed by atoms with Crippen molar-refractivity contribution in [2.24, 2.45) is 0 Å². The molecule has 0 bridgehead atoms. The Hall–Kier alpha value is -3.39. The van der Waals surface area contributed by atoms with E-state index in [-0.39, 0.29) is 30.0 Å². The molecular formula is C30H30F3N3OS. The lowest BCUT2D eigenvalue weighted by Crippen LogP contribution is -2.36. The van der Waals surface area contributed by atoms with E-state index in [1.807, 2.05) is 29.6 Å². The molecular weight excluding hydrogens is 507 g/mol. The van der Waals surface area contributed by atoms with E-state index in [0.29, 0.717) is 0 Å². The lowest BCUT2D eigenvalue weighted by atomic mass is 9.71. The number of hydrogen-bond acceptors (Lipinski definition) is 4. The number of anilines is 1. The maximum atomic E-state index is 14.1. The molecule has 1 N–H and O–H groups in total. The lowest BCUT2D eigenvalue weighted by Gasteiger charge is -2.35. The number of carbonyl (C=O) groups is 1. The summed E-state index contributed by atoms with van der Waals surface area (Å²) in [5.74, 6) is -0.0653. The van der Waals surface area contributed by atoms with E-state index >= 15 is 0 Å². The van der Waals surface area contributed by atoms with Gasteiger partial charge in [0.2, 0.25) is 0 Å². The SMILES string of the molecule is CCC(CC)(CC(=O)c1cnn2c1NC(c1ccccc1)CC2C(F)(F)F)c1cccc(-c2cccs2)c1. The number of nitrogens with zero attached hydrogens (tertiary/aromatic N) is 2. The average Bonchev–Trinajstić information content (AvgIpc) is 3.62. The fraction of sp³-hybridized carbons (Fsp3) is 0.333. The first-order chi connectivity index (χ1) is 18.3. The van der Waals surface area contributed by atoms with E-state index in [4.69, 9.17) is 0 Å². The number of benzene rings is 2. The highest BCUT2D eigenvalue weighted by atomic mass is 32.1. The molecule has 0 radical (unpaired) electrons. The van der Waals surface area contributed by atoms with Crippen molar-refractivity contribution < 1.29 is 18.0 Å². The van der Waals surface area contributed by atoms with Gasteiger partial charge in [-0.3, -0.25) is 4.79 Å². The van der Waals surface area contributed by atoms with Gasteiger partial charge in [-0.15, -0.1) is 11.3 Å². The molecule has 2 aromatic carbocycles. The van der Waals surface area contributed by atoms with Crippen LogP contribution in [-0.4, -0.2) is 21.7 Å². The van der Waals surface area contributed by atoms with Gasteiger partial charge >= 0.3 is 6.18 Å². The summed E-state index contributed by atoms with van der Waals surface area (Å²) in [5, 5.41) is 9.32. The average molecular weight is 538 g/mol. The van der Waals surface area contributed by atoms with Crippen molar-refractivity contribution in [3.05, 3.63) is 95.0 Å². The smallest absolute Gasteiger partial charge is 0.363 e. The number of alkyl halides is 3. The van der Waals surface area contributed by atoms with Crippen LogP contribution >= 0.6 is 11.3 Å². The fourth-order valence-corrected chi connectivity index (χ4v) is 6.25. The Kier molecular flexibility index (Phi) is 7.18. The van der Waals surface area contributed by atoms with Crippen molar-refractivity contribution in [3.8, 4) is 10.4 Å². The van der Waals surface area contributed by atoms with Gasteiger partial charge in [-0.2, -0.15) is 18.3 Å². The van der Waals surface area contributed by atoms with Crippen molar-refractivity contribution in [2.45, 2.75) is 63.2 Å². The Morgan fingerprint density at radius 3 is 2.47 bits per heavy atom. The van der Waals surface area contributed by atoms with Crippen LogP contribution in [0.5, 0.6) is 0 Å². The molecule has 5 rings (SSSR count). The number of Topliss-reactive ketones (excluding diaryl/α,β-unsaturated/α-hetero) is 1. The second kappa shape index (κ2) is 10.4. The van der Waals surface area contributed by atoms with Gasteiger partial charge in [-0.05, 0) is 47.0 Å². The number of fused-ring (bicyclic) bond motifs is 1. The second-order valence-corrected chi connectivity index (χ2v) is 10.8. The Morgan fingerprint density at radius 1 is 1.05 bits per heavy atom. The van der Waals surface area contributed by atoms with Crippen molar-refractivity contribution in [1.82, 2.24) is 9.78 Å². The van der Waals surface area contributed by atoms with Gasteiger partial charge in [0, 0.05) is 23.1 Å². The predicted molar refractivity (Wildman–Crippen MR) is 146 cm³/mol. The summed E-state index contributed by atoms with van der Waals surface area (Å²) in [6.07, 6.45) is -1.76. The third-order valence-corrected chi connectivity index (χ3v) is 8.79. The normalized spacial score (nSPS) is 17.6. The quantitative estimate of drug-likeness (QED) is 0.229. The molecule has 1 aliphatic heterocycles. The molecule has 0 spiro atoms. The molecule has 8 heteroatoms. The van der Waals surface area contributed by atoms with Crippen LogP contribution < -0.4 is 5.32 Å². The molecule has 0 saturated heterocycles. The molecule has 1 aliphatic rings. The Balaban J connectivity index is 1.49. The van der Waals surface area contributed by atoms with E-state index in [1.165, 1.54) is 6.20 Å². The molecule has 0 aliphatic carbocycles. The number of carbonyl (C=O) groups excluding carboxylic acids is 1. The van der Waals surface area contributed by atoms with E-state index in [1.54, 1.807) is 35.6 Å². The van der Waals surface area contributed by atoms with Gasteiger partial charge < -0.3 is 5.32 Å². The van der Waals surface area contributed by atoms with Gasteiger partial charge in [0.05, 0.1) is 17.8 Å². The minimum Gasteiger partial charge on any atom is -0.363 e. The van der Waals surface area contributed by atoms with Crippen LogP contribution in [0.1, 0.15) is 73.1 Å². The highest BCUT2D eigenvalue weighted by molar-refractivity contribution is 7.13. The van der Waals surface area contributed by atoms with Gasteiger partial charge in [0.15, 0.2) is 11.8 Å². The highest BCUT2D eigenvalue weighted by Gasteiger charge is 2.47. The summed E-state index contributed by atoms with van der Waals surface area (Å²) in [6.45, 7) is 4.12. The number of ketones is 1. The van der Waals surface area contributed by atoms with E-state index in [9.17, 15) is 18.0 Å². The van der Waals surface area contributed by atoms with Crippen LogP contribution in [0.3, 0.4) is 0 Å².